The monoisotopic (exact) mass is 521 g/mol. The number of nitrogens with one attached hydrogen (secondary N) is 2. The SMILES string of the molecule is Cc1nc2cc(C(F)(F)F)c([C@H](C)Nc3ncc(C(=O)N4CC[C@H](C(C)(C)O)C4)cc3F)cc2c(=O)[nH]1. The quantitative estimate of drug-likeness (QED) is 0.435. The average molecular weight is 522 g/mol. The molecule has 8 nitrogen and oxygen atoms in total. The van der Waals surface area contributed by atoms with Gasteiger partial charge in [-0.15, -0.1) is 0 Å². The second-order valence-electron chi connectivity index (χ2n) is 9.92. The summed E-state index contributed by atoms with van der Waals surface area (Å²) in [5, 5.41) is 12.8. The lowest BCUT2D eigenvalue weighted by Gasteiger charge is -2.25. The van der Waals surface area contributed by atoms with Crippen LogP contribution in [-0.4, -0.2) is 49.6 Å². The number of nitrogens with zero attached hydrogens (tertiary/aromatic N) is 3. The van der Waals surface area contributed by atoms with Gasteiger partial charge in [-0.2, -0.15) is 13.2 Å². The van der Waals surface area contributed by atoms with Crippen LogP contribution in [0, 0.1) is 18.7 Å². The zero-order valence-corrected chi connectivity index (χ0v) is 20.7. The molecular weight excluding hydrogens is 494 g/mol. The van der Waals surface area contributed by atoms with Crippen LogP contribution < -0.4 is 10.9 Å². The smallest absolute Gasteiger partial charge is 0.390 e. The highest BCUT2D eigenvalue weighted by Gasteiger charge is 2.37. The first-order chi connectivity index (χ1) is 17.1. The molecule has 0 spiro atoms. The van der Waals surface area contributed by atoms with E-state index in [2.05, 4.69) is 20.3 Å². The van der Waals surface area contributed by atoms with Crippen molar-refractivity contribution >= 4 is 22.6 Å². The number of halogens is 4. The number of carbonyl (C=O) groups excluding carboxylic acids is 1. The number of pyridine rings is 1. The number of amides is 1. The van der Waals surface area contributed by atoms with Crippen molar-refractivity contribution in [3.05, 3.63) is 63.1 Å². The van der Waals surface area contributed by atoms with Crippen molar-refractivity contribution in [1.29, 1.82) is 0 Å². The zero-order valence-electron chi connectivity index (χ0n) is 20.7. The van der Waals surface area contributed by atoms with Gasteiger partial charge in [-0.05, 0) is 57.9 Å². The van der Waals surface area contributed by atoms with E-state index < -0.39 is 40.7 Å². The van der Waals surface area contributed by atoms with Gasteiger partial charge in [0.15, 0.2) is 11.6 Å². The van der Waals surface area contributed by atoms with Gasteiger partial charge in [-0.25, -0.2) is 14.4 Å². The molecule has 1 aromatic carbocycles. The van der Waals surface area contributed by atoms with Gasteiger partial charge in [-0.1, -0.05) is 0 Å². The van der Waals surface area contributed by atoms with Gasteiger partial charge >= 0.3 is 6.18 Å². The summed E-state index contributed by atoms with van der Waals surface area (Å²) in [7, 11) is 0. The van der Waals surface area contributed by atoms with Gasteiger partial charge in [0.2, 0.25) is 0 Å². The van der Waals surface area contributed by atoms with Gasteiger partial charge in [0.25, 0.3) is 11.5 Å². The van der Waals surface area contributed by atoms with E-state index in [0.29, 0.717) is 19.5 Å². The number of alkyl halides is 3. The first kappa shape index (κ1) is 26.5. The summed E-state index contributed by atoms with van der Waals surface area (Å²) in [4.78, 5) is 37.0. The highest BCUT2D eigenvalue weighted by atomic mass is 19.4. The lowest BCUT2D eigenvalue weighted by molar-refractivity contribution is -0.138. The van der Waals surface area contributed by atoms with Gasteiger partial charge in [0.1, 0.15) is 5.82 Å². The number of hydrogen-bond donors (Lipinski definition) is 3. The average Bonchev–Trinajstić information content (AvgIpc) is 3.29. The zero-order chi connectivity index (χ0) is 27.3. The van der Waals surface area contributed by atoms with Crippen molar-refractivity contribution in [3.8, 4) is 0 Å². The van der Waals surface area contributed by atoms with Crippen molar-refractivity contribution in [1.82, 2.24) is 19.9 Å². The molecule has 37 heavy (non-hydrogen) atoms. The van der Waals surface area contributed by atoms with Crippen LogP contribution in [0.5, 0.6) is 0 Å². The number of aromatic amines is 1. The summed E-state index contributed by atoms with van der Waals surface area (Å²) < 4.78 is 56.5. The molecular formula is C25H27F4N5O3. The van der Waals surface area contributed by atoms with E-state index in [9.17, 15) is 32.3 Å². The van der Waals surface area contributed by atoms with Crippen LogP contribution in [0.2, 0.25) is 0 Å². The highest BCUT2D eigenvalue weighted by Crippen LogP contribution is 2.37. The lowest BCUT2D eigenvalue weighted by Crippen LogP contribution is -2.35. The summed E-state index contributed by atoms with van der Waals surface area (Å²) in [6.07, 6.45) is -3.00. The molecule has 1 aliphatic heterocycles. The highest BCUT2D eigenvalue weighted by molar-refractivity contribution is 5.94. The summed E-state index contributed by atoms with van der Waals surface area (Å²) in [6, 6.07) is 1.76. The molecule has 12 heteroatoms. The Labute approximate surface area is 209 Å². The van der Waals surface area contributed by atoms with E-state index in [4.69, 9.17) is 0 Å². The number of hydrogen-bond acceptors (Lipinski definition) is 6. The molecule has 0 saturated carbocycles. The number of aliphatic hydroxyl groups is 1. The van der Waals surface area contributed by atoms with E-state index in [1.54, 1.807) is 13.8 Å². The number of benzene rings is 1. The topological polar surface area (TPSA) is 111 Å². The van der Waals surface area contributed by atoms with E-state index in [1.807, 2.05) is 0 Å². The molecule has 198 valence electrons. The molecule has 1 amide bonds. The predicted octanol–water partition coefficient (Wildman–Crippen LogP) is 4.19. The van der Waals surface area contributed by atoms with Crippen LogP contribution >= 0.6 is 0 Å². The van der Waals surface area contributed by atoms with Gasteiger partial charge in [0, 0.05) is 25.2 Å². The molecule has 1 fully saturated rings. The molecule has 1 aliphatic rings. The second kappa shape index (κ2) is 9.40. The van der Waals surface area contributed by atoms with Crippen LogP contribution in [0.25, 0.3) is 10.9 Å². The lowest BCUT2D eigenvalue weighted by atomic mass is 9.90. The Balaban J connectivity index is 1.60. The van der Waals surface area contributed by atoms with Crippen molar-refractivity contribution in [2.45, 2.75) is 51.9 Å². The summed E-state index contributed by atoms with van der Waals surface area (Å²) in [6.45, 7) is 6.90. The number of aryl methyl sites for hydroxylation is 1. The predicted molar refractivity (Wildman–Crippen MR) is 129 cm³/mol. The Morgan fingerprint density at radius 3 is 2.57 bits per heavy atom. The van der Waals surface area contributed by atoms with E-state index >= 15 is 0 Å². The first-order valence-electron chi connectivity index (χ1n) is 11.7. The van der Waals surface area contributed by atoms with E-state index in [1.165, 1.54) is 18.7 Å². The molecule has 1 saturated heterocycles. The van der Waals surface area contributed by atoms with Gasteiger partial charge in [-0.3, -0.25) is 9.59 Å². The minimum absolute atomic E-state index is 0.0123. The molecule has 2 aromatic heterocycles. The van der Waals surface area contributed by atoms with Crippen LogP contribution in [0.3, 0.4) is 0 Å². The molecule has 0 radical (unpaired) electrons. The number of rotatable bonds is 5. The molecule has 2 atom stereocenters. The fourth-order valence-corrected chi connectivity index (χ4v) is 4.57. The largest absolute Gasteiger partial charge is 0.416 e. The molecule has 3 heterocycles. The van der Waals surface area contributed by atoms with E-state index in [-0.39, 0.29) is 39.6 Å². The molecule has 3 aromatic rings. The van der Waals surface area contributed by atoms with Gasteiger partial charge in [0.05, 0.1) is 33.7 Å². The summed E-state index contributed by atoms with van der Waals surface area (Å²) in [5.41, 5.74) is -2.97. The van der Waals surface area contributed by atoms with Crippen LogP contribution in [0.1, 0.15) is 60.5 Å². The van der Waals surface area contributed by atoms with Crippen LogP contribution in [0.15, 0.2) is 29.2 Å². The van der Waals surface area contributed by atoms with E-state index in [0.717, 1.165) is 24.4 Å². The van der Waals surface area contributed by atoms with Crippen molar-refractivity contribution in [2.75, 3.05) is 18.4 Å². The van der Waals surface area contributed by atoms with Crippen molar-refractivity contribution < 1.29 is 27.5 Å². The number of likely N-dealkylation sites (tertiary alicyclic amines) is 1. The minimum atomic E-state index is -4.75. The Morgan fingerprint density at radius 2 is 1.97 bits per heavy atom. The maximum absolute atomic E-state index is 14.9. The van der Waals surface area contributed by atoms with Crippen LogP contribution in [0.4, 0.5) is 23.4 Å². The van der Waals surface area contributed by atoms with Crippen molar-refractivity contribution in [2.24, 2.45) is 5.92 Å². The Morgan fingerprint density at radius 1 is 1.27 bits per heavy atom. The third-order valence-corrected chi connectivity index (χ3v) is 6.68. The third kappa shape index (κ3) is 5.43. The van der Waals surface area contributed by atoms with Gasteiger partial charge < -0.3 is 20.3 Å². The maximum Gasteiger partial charge on any atom is 0.416 e. The normalized spacial score (nSPS) is 17.3. The molecule has 0 unspecified atom stereocenters. The standard InChI is InChI=1S/C25H27F4N5O3/c1-12(16-8-17-20(9-18(16)25(27,28)29)32-13(2)33-22(17)35)31-21-19(26)7-14(10-30-21)23(36)34-6-5-15(11-34)24(3,4)37/h7-10,12,15,37H,5-6,11H2,1-4H3,(H,30,31)(H,32,33,35)/t12-,15-/m0/s1. The van der Waals surface area contributed by atoms with Crippen molar-refractivity contribution in [3.63, 3.8) is 0 Å². The number of fused-ring (bicyclic) bond motifs is 1. The fourth-order valence-electron chi connectivity index (χ4n) is 4.57. The molecule has 4 rings (SSSR count). The minimum Gasteiger partial charge on any atom is -0.390 e. The summed E-state index contributed by atoms with van der Waals surface area (Å²) >= 11 is 0. The molecule has 3 N–H and O–H groups in total. The third-order valence-electron chi connectivity index (χ3n) is 6.68. The number of H-pyrrole nitrogens is 1. The second-order valence-corrected chi connectivity index (χ2v) is 9.92. The molecule has 0 bridgehead atoms. The van der Waals surface area contributed by atoms with Crippen LogP contribution in [-0.2, 0) is 6.18 Å². The maximum atomic E-state index is 14.9. The summed E-state index contributed by atoms with van der Waals surface area (Å²) in [5.74, 6) is -1.65. The Kier molecular flexibility index (Phi) is 6.74. The molecule has 0 aliphatic carbocycles. The fraction of sp³-hybridized carbons (Fsp3) is 0.440. The Hall–Kier alpha value is -3.54. The first-order valence-corrected chi connectivity index (χ1v) is 11.7. The Bertz CT molecular complexity index is 1410. The number of aromatic nitrogens is 3. The number of carbonyl (C=O) groups is 1. The number of anilines is 1.